The highest BCUT2D eigenvalue weighted by atomic mass is 16.6. The van der Waals surface area contributed by atoms with Crippen LogP contribution in [-0.4, -0.2) is 73.7 Å². The van der Waals surface area contributed by atoms with Crippen molar-refractivity contribution in [2.24, 2.45) is 0 Å². The van der Waals surface area contributed by atoms with Gasteiger partial charge in [-0.05, 0) is 26.9 Å². The Morgan fingerprint density at radius 1 is 1.27 bits per heavy atom. The van der Waals surface area contributed by atoms with E-state index in [-0.39, 0.29) is 25.3 Å². The second-order valence-electron chi connectivity index (χ2n) is 7.52. The molecule has 0 bridgehead atoms. The molecule has 0 aliphatic heterocycles. The number of amides is 1. The summed E-state index contributed by atoms with van der Waals surface area (Å²) in [5.74, 6) is -2.28. The zero-order valence-electron chi connectivity index (χ0n) is 19.1. The topological polar surface area (TPSA) is 173 Å². The number of likely N-dealkylation sites (N-methyl/N-ethyl adjacent to an activating group) is 1. The lowest BCUT2D eigenvalue weighted by atomic mass is 10.1. The highest BCUT2D eigenvalue weighted by molar-refractivity contribution is 5.93. The number of anilines is 1. The van der Waals surface area contributed by atoms with Crippen LogP contribution in [0.3, 0.4) is 0 Å². The van der Waals surface area contributed by atoms with Crippen molar-refractivity contribution >= 4 is 23.5 Å². The smallest absolute Gasteiger partial charge is 0.305 e. The van der Waals surface area contributed by atoms with Gasteiger partial charge in [0.2, 0.25) is 5.91 Å². The van der Waals surface area contributed by atoms with Crippen molar-refractivity contribution in [2.45, 2.75) is 52.2 Å². The first-order chi connectivity index (χ1) is 15.7. The van der Waals surface area contributed by atoms with E-state index in [4.69, 9.17) is 0 Å². The van der Waals surface area contributed by atoms with E-state index >= 15 is 0 Å². The van der Waals surface area contributed by atoms with Gasteiger partial charge in [0.05, 0.1) is 25.6 Å². The number of aryl methyl sites for hydroxylation is 1. The Labute approximate surface area is 190 Å². The third-order valence-electron chi connectivity index (χ3n) is 5.11. The second kappa shape index (κ2) is 11.9. The van der Waals surface area contributed by atoms with Gasteiger partial charge in [0.25, 0.3) is 5.56 Å². The van der Waals surface area contributed by atoms with Crippen molar-refractivity contribution in [3.63, 3.8) is 0 Å². The molecule has 0 aromatic carbocycles. The molecule has 0 aliphatic carbocycles. The zero-order chi connectivity index (χ0) is 24.5. The fourth-order valence-electron chi connectivity index (χ4n) is 3.05. The number of aliphatic carboxylic acids is 1. The van der Waals surface area contributed by atoms with E-state index in [0.717, 1.165) is 0 Å². The number of hydrogen-bond donors (Lipinski definition) is 3. The Hall–Kier alpha value is -3.61. The Morgan fingerprint density at radius 3 is 2.58 bits per heavy atom. The van der Waals surface area contributed by atoms with Crippen molar-refractivity contribution in [3.8, 4) is 0 Å². The molecule has 0 saturated carbocycles. The molecule has 0 aliphatic rings. The van der Waals surface area contributed by atoms with Gasteiger partial charge in [-0.15, -0.1) is 0 Å². The molecule has 2 atom stereocenters. The largest absolute Gasteiger partial charge is 0.481 e. The number of hydrogen-bond acceptors (Lipinski definition) is 10. The number of carbonyl (C=O) groups is 3. The van der Waals surface area contributed by atoms with Gasteiger partial charge in [0.15, 0.2) is 11.6 Å². The summed E-state index contributed by atoms with van der Waals surface area (Å²) in [6, 6.07) is -2.18. The first-order valence-electron chi connectivity index (χ1n) is 10.5. The van der Waals surface area contributed by atoms with Crippen molar-refractivity contribution < 1.29 is 24.1 Å². The maximum absolute atomic E-state index is 13.0. The Kier molecular flexibility index (Phi) is 9.21. The molecule has 3 N–H and O–H groups in total. The van der Waals surface area contributed by atoms with Crippen LogP contribution >= 0.6 is 0 Å². The minimum Gasteiger partial charge on any atom is -0.481 e. The predicted octanol–water partition coefficient (Wildman–Crippen LogP) is -0.0218. The van der Waals surface area contributed by atoms with Crippen LogP contribution in [0.25, 0.3) is 0 Å². The molecule has 2 rings (SSSR count). The molecule has 0 saturated heterocycles. The van der Waals surface area contributed by atoms with Crippen LogP contribution < -0.4 is 16.2 Å². The first-order valence-corrected chi connectivity index (χ1v) is 10.5. The summed E-state index contributed by atoms with van der Waals surface area (Å²) < 4.78 is 5.81. The zero-order valence-corrected chi connectivity index (χ0v) is 19.1. The van der Waals surface area contributed by atoms with Crippen LogP contribution in [0, 0.1) is 6.92 Å². The first kappa shape index (κ1) is 25.6. The number of carboxylic acid groups (broad SMARTS) is 1. The molecule has 33 heavy (non-hydrogen) atoms. The lowest BCUT2D eigenvalue weighted by Crippen LogP contribution is -2.49. The average Bonchev–Trinajstić information content (AvgIpc) is 3.18. The SMILES string of the molecule is CCC(C(=O)NC(CC(=O)O)C(=O)CN(C)CC)n1ccnc(NCc2nonc2C)c1=O. The van der Waals surface area contributed by atoms with Gasteiger partial charge in [-0.3, -0.25) is 28.6 Å². The molecule has 0 spiro atoms. The number of rotatable bonds is 13. The fourth-order valence-corrected chi connectivity index (χ4v) is 3.05. The van der Waals surface area contributed by atoms with E-state index in [1.807, 2.05) is 6.92 Å². The number of carbonyl (C=O) groups excluding carboxylic acids is 2. The highest BCUT2D eigenvalue weighted by Gasteiger charge is 2.28. The van der Waals surface area contributed by atoms with Gasteiger partial charge in [-0.1, -0.05) is 24.2 Å². The van der Waals surface area contributed by atoms with Crippen molar-refractivity contribution in [1.82, 2.24) is 30.1 Å². The molecule has 1 amide bonds. The van der Waals surface area contributed by atoms with Crippen LogP contribution in [0.5, 0.6) is 0 Å². The monoisotopic (exact) mass is 463 g/mol. The highest BCUT2D eigenvalue weighted by Crippen LogP contribution is 2.12. The van der Waals surface area contributed by atoms with Crippen LogP contribution in [0.4, 0.5) is 5.82 Å². The van der Waals surface area contributed by atoms with E-state index in [0.29, 0.717) is 17.9 Å². The molecule has 2 aromatic rings. The molecular formula is C20H29N7O6. The van der Waals surface area contributed by atoms with E-state index in [9.17, 15) is 24.3 Å². The van der Waals surface area contributed by atoms with Crippen molar-refractivity contribution in [2.75, 3.05) is 25.5 Å². The van der Waals surface area contributed by atoms with Gasteiger partial charge in [0, 0.05) is 12.4 Å². The third-order valence-corrected chi connectivity index (χ3v) is 5.11. The maximum Gasteiger partial charge on any atom is 0.305 e. The van der Waals surface area contributed by atoms with Gasteiger partial charge in [-0.2, -0.15) is 0 Å². The number of carboxylic acids is 1. The lowest BCUT2D eigenvalue weighted by molar-refractivity contribution is -0.140. The van der Waals surface area contributed by atoms with Crippen LogP contribution in [0.15, 0.2) is 21.8 Å². The summed E-state index contributed by atoms with van der Waals surface area (Å²) in [5.41, 5.74) is 0.510. The Morgan fingerprint density at radius 2 is 2.00 bits per heavy atom. The summed E-state index contributed by atoms with van der Waals surface area (Å²) in [6.07, 6.45) is 2.40. The van der Waals surface area contributed by atoms with Crippen molar-refractivity contribution in [1.29, 1.82) is 0 Å². The summed E-state index contributed by atoms with van der Waals surface area (Å²) in [7, 11) is 1.72. The number of aromatic nitrogens is 4. The van der Waals surface area contributed by atoms with Gasteiger partial charge in [0.1, 0.15) is 17.4 Å². The second-order valence-corrected chi connectivity index (χ2v) is 7.52. The van der Waals surface area contributed by atoms with E-state index in [2.05, 4.69) is 30.6 Å². The molecule has 2 aromatic heterocycles. The van der Waals surface area contributed by atoms with Crippen LogP contribution in [0.1, 0.15) is 44.1 Å². The van der Waals surface area contributed by atoms with Gasteiger partial charge in [-0.25, -0.2) is 9.61 Å². The molecule has 2 heterocycles. The van der Waals surface area contributed by atoms with Crippen LogP contribution in [-0.2, 0) is 20.9 Å². The fraction of sp³-hybridized carbons (Fsp3) is 0.550. The summed E-state index contributed by atoms with van der Waals surface area (Å²) in [5, 5.41) is 21.9. The number of Topliss-reactive ketones (excluding diaryl/α,β-unsaturated/α-hetero) is 1. The third kappa shape index (κ3) is 6.94. The van der Waals surface area contributed by atoms with Crippen molar-refractivity contribution in [3.05, 3.63) is 34.1 Å². The molecule has 0 fully saturated rings. The number of nitrogens with one attached hydrogen (secondary N) is 2. The number of ketones is 1. The molecule has 180 valence electrons. The predicted molar refractivity (Wildman–Crippen MR) is 117 cm³/mol. The maximum atomic E-state index is 13.0. The van der Waals surface area contributed by atoms with E-state index < -0.39 is 41.7 Å². The van der Waals surface area contributed by atoms with Gasteiger partial charge >= 0.3 is 5.97 Å². The quantitative estimate of drug-likeness (QED) is 0.364. The molecular weight excluding hydrogens is 434 g/mol. The average molecular weight is 463 g/mol. The standard InChI is InChI=1S/C20H29N7O6/c1-5-15(19(31)23-13(9-17(29)30)16(28)11-26(4)6-2)27-8-7-21-18(20(27)32)22-10-14-12(3)24-33-25-14/h7-8,13,15H,5-6,9-11H2,1-4H3,(H,21,22)(H,23,31)(H,29,30). The Bertz CT molecular complexity index is 1030. The van der Waals surface area contributed by atoms with E-state index in [1.54, 1.807) is 25.8 Å². The minimum absolute atomic E-state index is 0.00566. The summed E-state index contributed by atoms with van der Waals surface area (Å²) in [6.45, 7) is 5.98. The Balaban J connectivity index is 2.20. The molecule has 13 nitrogen and oxygen atoms in total. The summed E-state index contributed by atoms with van der Waals surface area (Å²) >= 11 is 0. The molecule has 13 heteroatoms. The number of nitrogens with zero attached hydrogens (tertiary/aromatic N) is 5. The summed E-state index contributed by atoms with van der Waals surface area (Å²) in [4.78, 5) is 55.4. The minimum atomic E-state index is -1.22. The molecule has 2 unspecified atom stereocenters. The lowest BCUT2D eigenvalue weighted by Gasteiger charge is -2.23. The normalized spacial score (nSPS) is 12.9. The van der Waals surface area contributed by atoms with Crippen LogP contribution in [0.2, 0.25) is 0 Å². The van der Waals surface area contributed by atoms with E-state index in [1.165, 1.54) is 17.0 Å². The molecule has 0 radical (unpaired) electrons. The van der Waals surface area contributed by atoms with Gasteiger partial charge < -0.3 is 15.7 Å².